The highest BCUT2D eigenvalue weighted by Crippen LogP contribution is 2.36. The molecule has 0 bridgehead atoms. The minimum absolute atomic E-state index is 0.0296. The molecule has 1 N–H and O–H groups in total. The molecule has 0 radical (unpaired) electrons. The van der Waals surface area contributed by atoms with Gasteiger partial charge >= 0.3 is 5.97 Å². The Labute approximate surface area is 136 Å². The van der Waals surface area contributed by atoms with E-state index in [9.17, 15) is 15.2 Å². The topological polar surface area (TPSA) is 70.3 Å². The number of carbonyl (C=O) groups excluding carboxylic acids is 1. The molecule has 0 aliphatic heterocycles. The van der Waals surface area contributed by atoms with Crippen LogP contribution in [0.15, 0.2) is 54.6 Å². The van der Waals surface area contributed by atoms with Gasteiger partial charge in [0.2, 0.25) is 0 Å². The lowest BCUT2D eigenvalue weighted by Gasteiger charge is -2.23. The third-order valence-corrected chi connectivity index (χ3v) is 3.91. The maximum absolute atomic E-state index is 12.0. The maximum Gasteiger partial charge on any atom is 0.338 e. The smallest absolute Gasteiger partial charge is 0.338 e. The van der Waals surface area contributed by atoms with Crippen molar-refractivity contribution in [3.63, 3.8) is 0 Å². The molecule has 23 heavy (non-hydrogen) atoms. The van der Waals surface area contributed by atoms with Crippen molar-refractivity contribution in [2.24, 2.45) is 0 Å². The Hall–Kier alpha value is -2.64. The van der Waals surface area contributed by atoms with E-state index in [1.54, 1.807) is 24.3 Å². The molecule has 2 aromatic rings. The predicted octanol–water partition coefficient (Wildman–Crippen LogP) is 3.25. The Morgan fingerprint density at radius 2 is 1.83 bits per heavy atom. The number of ether oxygens (including phenoxy) is 1. The first-order chi connectivity index (χ1) is 11.2. The standard InChI is InChI=1S/C19H19NO3/c1-23-19(22)17-10-6-5-9-16(17)18(13-20)15(11-12-21)14-7-3-2-4-8-14/h2-10,15,18,21H,11-12H2,1H3. The number of nitrogens with zero attached hydrogens (tertiary/aromatic N) is 1. The predicted molar refractivity (Wildman–Crippen MR) is 87.0 cm³/mol. The summed E-state index contributed by atoms with van der Waals surface area (Å²) in [6.07, 6.45) is 0.442. The summed E-state index contributed by atoms with van der Waals surface area (Å²) in [7, 11) is 1.32. The molecule has 0 saturated heterocycles. The largest absolute Gasteiger partial charge is 0.465 e. The summed E-state index contributed by atoms with van der Waals surface area (Å²) in [5.41, 5.74) is 1.98. The van der Waals surface area contributed by atoms with Crippen molar-refractivity contribution in [1.82, 2.24) is 0 Å². The van der Waals surface area contributed by atoms with Gasteiger partial charge in [-0.3, -0.25) is 0 Å². The monoisotopic (exact) mass is 309 g/mol. The number of methoxy groups -OCH3 is 1. The summed E-state index contributed by atoms with van der Waals surface area (Å²) in [5.74, 6) is -1.20. The fourth-order valence-electron chi connectivity index (χ4n) is 2.81. The van der Waals surface area contributed by atoms with Crippen LogP contribution in [0, 0.1) is 11.3 Å². The van der Waals surface area contributed by atoms with Crippen molar-refractivity contribution in [2.45, 2.75) is 18.3 Å². The third-order valence-electron chi connectivity index (χ3n) is 3.91. The van der Waals surface area contributed by atoms with Gasteiger partial charge in [0.25, 0.3) is 0 Å². The molecule has 0 aromatic heterocycles. The molecule has 0 saturated carbocycles. The molecule has 118 valence electrons. The highest BCUT2D eigenvalue weighted by Gasteiger charge is 2.28. The van der Waals surface area contributed by atoms with Crippen LogP contribution in [0.4, 0.5) is 0 Å². The lowest BCUT2D eigenvalue weighted by molar-refractivity contribution is 0.0599. The van der Waals surface area contributed by atoms with Crippen LogP contribution in [0.25, 0.3) is 0 Å². The van der Waals surface area contributed by atoms with Gasteiger partial charge < -0.3 is 9.84 Å². The molecule has 4 nitrogen and oxygen atoms in total. The normalized spacial score (nSPS) is 12.9. The Morgan fingerprint density at radius 1 is 1.17 bits per heavy atom. The van der Waals surface area contributed by atoms with Gasteiger partial charge in [0.05, 0.1) is 24.7 Å². The molecule has 2 aromatic carbocycles. The van der Waals surface area contributed by atoms with E-state index in [0.717, 1.165) is 5.56 Å². The first-order valence-corrected chi connectivity index (χ1v) is 7.45. The van der Waals surface area contributed by atoms with Gasteiger partial charge in [0.1, 0.15) is 0 Å². The van der Waals surface area contributed by atoms with E-state index in [4.69, 9.17) is 4.74 Å². The van der Waals surface area contributed by atoms with Gasteiger partial charge in [-0.05, 0) is 23.6 Å². The third kappa shape index (κ3) is 3.77. The molecule has 4 heteroatoms. The first-order valence-electron chi connectivity index (χ1n) is 7.45. The van der Waals surface area contributed by atoms with Crippen LogP contribution in [-0.2, 0) is 4.74 Å². The van der Waals surface area contributed by atoms with Crippen LogP contribution in [-0.4, -0.2) is 24.8 Å². The van der Waals surface area contributed by atoms with Gasteiger partial charge in [0, 0.05) is 12.5 Å². The summed E-state index contributed by atoms with van der Waals surface area (Å²) in [4.78, 5) is 12.0. The van der Waals surface area contributed by atoms with Crippen LogP contribution in [0.2, 0.25) is 0 Å². The van der Waals surface area contributed by atoms with Crippen LogP contribution in [0.5, 0.6) is 0 Å². The van der Waals surface area contributed by atoms with Crippen molar-refractivity contribution in [2.75, 3.05) is 13.7 Å². The Balaban J connectivity index is 2.49. The lowest BCUT2D eigenvalue weighted by Crippen LogP contribution is -2.16. The second kappa shape index (κ2) is 8.11. The number of benzene rings is 2. The Morgan fingerprint density at radius 3 is 2.43 bits per heavy atom. The quantitative estimate of drug-likeness (QED) is 0.832. The fourth-order valence-corrected chi connectivity index (χ4v) is 2.81. The van der Waals surface area contributed by atoms with Crippen molar-refractivity contribution in [3.8, 4) is 6.07 Å². The average molecular weight is 309 g/mol. The van der Waals surface area contributed by atoms with Crippen molar-refractivity contribution >= 4 is 5.97 Å². The van der Waals surface area contributed by atoms with Crippen molar-refractivity contribution in [1.29, 1.82) is 5.26 Å². The molecule has 2 unspecified atom stereocenters. The highest BCUT2D eigenvalue weighted by molar-refractivity contribution is 5.91. The molecule has 0 amide bonds. The van der Waals surface area contributed by atoms with Crippen molar-refractivity contribution in [3.05, 3.63) is 71.3 Å². The number of carbonyl (C=O) groups is 1. The molecule has 2 rings (SSSR count). The summed E-state index contributed by atoms with van der Waals surface area (Å²) < 4.78 is 4.82. The summed E-state index contributed by atoms with van der Waals surface area (Å²) in [6, 6.07) is 18.9. The number of nitriles is 1. The van der Waals surface area contributed by atoms with E-state index in [1.165, 1.54) is 7.11 Å². The van der Waals surface area contributed by atoms with Crippen LogP contribution < -0.4 is 0 Å². The number of hydrogen-bond acceptors (Lipinski definition) is 4. The van der Waals surface area contributed by atoms with E-state index in [-0.39, 0.29) is 12.5 Å². The molecule has 0 fully saturated rings. The van der Waals surface area contributed by atoms with Gasteiger partial charge in [-0.2, -0.15) is 5.26 Å². The number of esters is 1. The molecule has 0 aliphatic rings. The molecule has 0 spiro atoms. The number of rotatable bonds is 6. The van der Waals surface area contributed by atoms with E-state index in [1.807, 2.05) is 30.3 Å². The van der Waals surface area contributed by atoms with Gasteiger partial charge in [-0.25, -0.2) is 4.79 Å². The Kier molecular flexibility index (Phi) is 5.90. The fraction of sp³-hybridized carbons (Fsp3) is 0.263. The van der Waals surface area contributed by atoms with E-state index in [0.29, 0.717) is 17.5 Å². The summed E-state index contributed by atoms with van der Waals surface area (Å²) in [5, 5.41) is 19.1. The van der Waals surface area contributed by atoms with Gasteiger partial charge in [-0.1, -0.05) is 48.5 Å². The summed E-state index contributed by atoms with van der Waals surface area (Å²) in [6.45, 7) is -0.0296. The van der Waals surface area contributed by atoms with E-state index >= 15 is 0 Å². The minimum atomic E-state index is -0.542. The molecular weight excluding hydrogens is 290 g/mol. The molecule has 0 heterocycles. The highest BCUT2D eigenvalue weighted by atomic mass is 16.5. The van der Waals surface area contributed by atoms with Crippen LogP contribution in [0.1, 0.15) is 39.7 Å². The second-order valence-electron chi connectivity index (χ2n) is 5.22. The lowest BCUT2D eigenvalue weighted by atomic mass is 9.79. The van der Waals surface area contributed by atoms with Gasteiger partial charge in [0.15, 0.2) is 0 Å². The van der Waals surface area contributed by atoms with Crippen LogP contribution >= 0.6 is 0 Å². The molecular formula is C19H19NO3. The zero-order valence-electron chi connectivity index (χ0n) is 13.0. The SMILES string of the molecule is COC(=O)c1ccccc1C(C#N)C(CCO)c1ccccc1. The minimum Gasteiger partial charge on any atom is -0.465 e. The molecule has 0 aliphatic carbocycles. The second-order valence-corrected chi connectivity index (χ2v) is 5.22. The maximum atomic E-state index is 12.0. The van der Waals surface area contributed by atoms with Gasteiger partial charge in [-0.15, -0.1) is 0 Å². The average Bonchev–Trinajstić information content (AvgIpc) is 2.62. The first kappa shape index (κ1) is 16.7. The zero-order chi connectivity index (χ0) is 16.7. The van der Waals surface area contributed by atoms with E-state index < -0.39 is 11.9 Å². The van der Waals surface area contributed by atoms with Crippen LogP contribution in [0.3, 0.4) is 0 Å². The molecule has 2 atom stereocenters. The number of aliphatic hydroxyl groups is 1. The van der Waals surface area contributed by atoms with Crippen molar-refractivity contribution < 1.29 is 14.6 Å². The number of aliphatic hydroxyl groups excluding tert-OH is 1. The summed E-state index contributed by atoms with van der Waals surface area (Å²) >= 11 is 0. The Bertz CT molecular complexity index is 691. The van der Waals surface area contributed by atoms with E-state index in [2.05, 4.69) is 6.07 Å². The number of hydrogen-bond donors (Lipinski definition) is 1. The zero-order valence-corrected chi connectivity index (χ0v) is 13.0.